The van der Waals surface area contributed by atoms with E-state index in [1.165, 1.54) is 24.3 Å². The summed E-state index contributed by atoms with van der Waals surface area (Å²) in [6.45, 7) is 0. The molecule has 0 radical (unpaired) electrons. The molecule has 0 fully saturated rings. The molecule has 0 saturated carbocycles. The van der Waals surface area contributed by atoms with Crippen LogP contribution in [0.2, 0.25) is 0 Å². The lowest BCUT2D eigenvalue weighted by atomic mass is 10.1. The van der Waals surface area contributed by atoms with E-state index in [0.717, 1.165) is 24.3 Å². The van der Waals surface area contributed by atoms with Gasteiger partial charge in [-0.05, 0) is 70.0 Å². The van der Waals surface area contributed by atoms with E-state index in [1.54, 1.807) is 24.3 Å². The van der Waals surface area contributed by atoms with Gasteiger partial charge >= 0.3 is 5.97 Å². The van der Waals surface area contributed by atoms with Crippen LogP contribution in [0.4, 0.5) is 8.78 Å². The van der Waals surface area contributed by atoms with Gasteiger partial charge in [-0.1, -0.05) is 24.3 Å². The molecule has 2 N–H and O–H groups in total. The van der Waals surface area contributed by atoms with Crippen LogP contribution in [0.1, 0.15) is 15.9 Å². The number of aliphatic carboxylic acids is 1. The number of nitrogens with one attached hydrogen (secondary N) is 1. The number of ether oxygens (including phenoxy) is 1. The Morgan fingerprint density at radius 2 is 1.73 bits per heavy atom. The van der Waals surface area contributed by atoms with Gasteiger partial charge in [-0.3, -0.25) is 4.79 Å². The summed E-state index contributed by atoms with van der Waals surface area (Å²) in [6.07, 6.45) is 1.09. The van der Waals surface area contributed by atoms with Crippen molar-refractivity contribution < 1.29 is 28.2 Å². The van der Waals surface area contributed by atoms with Crippen LogP contribution in [0.3, 0.4) is 0 Å². The molecule has 0 saturated heterocycles. The van der Waals surface area contributed by atoms with E-state index >= 15 is 0 Å². The molecule has 8 heteroatoms. The summed E-state index contributed by atoms with van der Waals surface area (Å²) in [6, 6.07) is 15.6. The number of carbonyl (C=O) groups excluding carboxylic acids is 1. The normalized spacial score (nSPS) is 11.1. The van der Waals surface area contributed by atoms with Crippen LogP contribution in [-0.4, -0.2) is 17.0 Å². The van der Waals surface area contributed by atoms with Gasteiger partial charge in [-0.25, -0.2) is 13.6 Å². The second kappa shape index (κ2) is 9.32. The van der Waals surface area contributed by atoms with Crippen LogP contribution >= 0.6 is 15.9 Å². The zero-order valence-electron chi connectivity index (χ0n) is 15.2. The summed E-state index contributed by atoms with van der Waals surface area (Å²) in [7, 11) is 0. The smallest absolute Gasteiger partial charge is 0.352 e. The lowest BCUT2D eigenvalue weighted by molar-refractivity contribution is -0.132. The molecule has 0 aliphatic carbocycles. The molecule has 0 unspecified atom stereocenters. The highest BCUT2D eigenvalue weighted by atomic mass is 79.9. The first kappa shape index (κ1) is 21.2. The summed E-state index contributed by atoms with van der Waals surface area (Å²) < 4.78 is 33.9. The number of para-hydroxylation sites is 1. The Bertz CT molecular complexity index is 1150. The second-order valence-corrected chi connectivity index (χ2v) is 6.90. The van der Waals surface area contributed by atoms with Crippen molar-refractivity contribution in [2.24, 2.45) is 0 Å². The van der Waals surface area contributed by atoms with Crippen molar-refractivity contribution in [2.75, 3.05) is 0 Å². The fourth-order valence-electron chi connectivity index (χ4n) is 2.48. The Balaban J connectivity index is 1.82. The summed E-state index contributed by atoms with van der Waals surface area (Å²) in [4.78, 5) is 23.7. The number of benzene rings is 3. The lowest BCUT2D eigenvalue weighted by Crippen LogP contribution is -2.27. The number of halogens is 3. The first-order valence-electron chi connectivity index (χ1n) is 8.57. The van der Waals surface area contributed by atoms with Gasteiger partial charge in [0.1, 0.15) is 17.3 Å². The zero-order chi connectivity index (χ0) is 21.7. The Hall–Kier alpha value is -3.52. The number of amides is 1. The van der Waals surface area contributed by atoms with Crippen LogP contribution in [-0.2, 0) is 4.79 Å². The molecule has 0 bridgehead atoms. The van der Waals surface area contributed by atoms with Gasteiger partial charge in [0.05, 0.1) is 4.47 Å². The molecule has 0 aromatic heterocycles. The van der Waals surface area contributed by atoms with Gasteiger partial charge in [0, 0.05) is 5.56 Å². The average molecular weight is 474 g/mol. The lowest BCUT2D eigenvalue weighted by Gasteiger charge is -2.10. The van der Waals surface area contributed by atoms with Crippen LogP contribution in [0.5, 0.6) is 11.5 Å². The fraction of sp³-hybridized carbons (Fsp3) is 0. The molecule has 0 heterocycles. The zero-order valence-corrected chi connectivity index (χ0v) is 16.8. The molecule has 0 spiro atoms. The summed E-state index contributed by atoms with van der Waals surface area (Å²) in [5, 5.41) is 11.5. The topological polar surface area (TPSA) is 75.6 Å². The number of carboxylic acid groups (broad SMARTS) is 1. The van der Waals surface area contributed by atoms with E-state index in [0.29, 0.717) is 10.2 Å². The van der Waals surface area contributed by atoms with E-state index in [4.69, 9.17) is 4.74 Å². The Morgan fingerprint density at radius 1 is 0.967 bits per heavy atom. The minimum absolute atomic E-state index is 0.0504. The van der Waals surface area contributed by atoms with E-state index in [1.807, 2.05) is 0 Å². The minimum Gasteiger partial charge on any atom is -0.477 e. The third kappa shape index (κ3) is 5.30. The molecule has 0 aliphatic rings. The number of carbonyl (C=O) groups is 2. The van der Waals surface area contributed by atoms with Gasteiger partial charge in [0.2, 0.25) is 0 Å². The van der Waals surface area contributed by atoms with Gasteiger partial charge in [0.25, 0.3) is 5.91 Å². The summed E-state index contributed by atoms with van der Waals surface area (Å²) >= 11 is 3.30. The minimum atomic E-state index is -1.44. The maximum absolute atomic E-state index is 14.4. The molecule has 3 rings (SSSR count). The predicted octanol–water partition coefficient (Wildman–Crippen LogP) is 5.38. The number of carboxylic acids is 1. The molecule has 3 aromatic rings. The van der Waals surface area contributed by atoms with Crippen molar-refractivity contribution in [2.45, 2.75) is 0 Å². The molecule has 5 nitrogen and oxygen atoms in total. The Labute approximate surface area is 178 Å². The van der Waals surface area contributed by atoms with Crippen molar-refractivity contribution in [1.29, 1.82) is 0 Å². The molecule has 0 atom stereocenters. The monoisotopic (exact) mass is 473 g/mol. The molecular weight excluding hydrogens is 460 g/mol. The molecule has 1 amide bonds. The van der Waals surface area contributed by atoms with E-state index in [2.05, 4.69) is 21.2 Å². The van der Waals surface area contributed by atoms with E-state index in [-0.39, 0.29) is 16.9 Å². The second-order valence-electron chi connectivity index (χ2n) is 6.05. The first-order chi connectivity index (χ1) is 14.3. The van der Waals surface area contributed by atoms with Crippen LogP contribution in [0, 0.1) is 11.6 Å². The maximum atomic E-state index is 14.4. The van der Waals surface area contributed by atoms with Crippen molar-refractivity contribution in [3.05, 3.63) is 99.7 Å². The molecule has 3 aromatic carbocycles. The quantitative estimate of drug-likeness (QED) is 0.471. The van der Waals surface area contributed by atoms with E-state index < -0.39 is 29.2 Å². The van der Waals surface area contributed by atoms with Crippen molar-refractivity contribution >= 4 is 33.9 Å². The molecule has 30 heavy (non-hydrogen) atoms. The highest BCUT2D eigenvalue weighted by Gasteiger charge is 2.15. The number of rotatable bonds is 6. The maximum Gasteiger partial charge on any atom is 0.352 e. The average Bonchev–Trinajstić information content (AvgIpc) is 2.71. The van der Waals surface area contributed by atoms with Crippen LogP contribution < -0.4 is 10.1 Å². The standard InChI is InChI=1S/C22H14BrF2NO4/c23-16-6-1-2-7-19(16)30-20-9-8-13(10-17(20)25)11-18(22(28)29)26-21(27)14-4-3-5-15(24)12-14/h1-12H,(H,26,27)(H,28,29)/b18-11-. The fourth-order valence-corrected chi connectivity index (χ4v) is 2.84. The van der Waals surface area contributed by atoms with Crippen molar-refractivity contribution in [3.8, 4) is 11.5 Å². The SMILES string of the molecule is O=C(O)/C(=C/c1ccc(Oc2ccccc2Br)c(F)c1)NC(=O)c1cccc(F)c1. The van der Waals surface area contributed by atoms with Crippen molar-refractivity contribution in [3.63, 3.8) is 0 Å². The largest absolute Gasteiger partial charge is 0.477 e. The number of hydrogen-bond acceptors (Lipinski definition) is 3. The first-order valence-corrected chi connectivity index (χ1v) is 9.36. The van der Waals surface area contributed by atoms with Crippen molar-refractivity contribution in [1.82, 2.24) is 5.32 Å². The Kier molecular flexibility index (Phi) is 6.58. The molecule has 152 valence electrons. The summed E-state index contributed by atoms with van der Waals surface area (Å²) in [5.41, 5.74) is -0.363. The van der Waals surface area contributed by atoms with Gasteiger partial charge in [0.15, 0.2) is 11.6 Å². The molecule has 0 aliphatic heterocycles. The third-order valence-electron chi connectivity index (χ3n) is 3.89. The summed E-state index contributed by atoms with van der Waals surface area (Å²) in [5.74, 6) is -3.24. The number of hydrogen-bond donors (Lipinski definition) is 2. The van der Waals surface area contributed by atoms with Gasteiger partial charge in [-0.15, -0.1) is 0 Å². The molecular formula is C22H14BrF2NO4. The highest BCUT2D eigenvalue weighted by Crippen LogP contribution is 2.31. The van der Waals surface area contributed by atoms with Crippen LogP contribution in [0.25, 0.3) is 6.08 Å². The van der Waals surface area contributed by atoms with Gasteiger partial charge in [-0.2, -0.15) is 0 Å². The Morgan fingerprint density at radius 3 is 2.40 bits per heavy atom. The highest BCUT2D eigenvalue weighted by molar-refractivity contribution is 9.10. The predicted molar refractivity (Wildman–Crippen MR) is 110 cm³/mol. The van der Waals surface area contributed by atoms with E-state index in [9.17, 15) is 23.5 Å². The van der Waals surface area contributed by atoms with Gasteiger partial charge < -0.3 is 15.2 Å². The van der Waals surface area contributed by atoms with Crippen LogP contribution in [0.15, 0.2) is 76.9 Å². The third-order valence-corrected chi connectivity index (χ3v) is 4.54.